The number of amides is 1. The quantitative estimate of drug-likeness (QED) is 0.642. The first-order chi connectivity index (χ1) is 11.2. The summed E-state index contributed by atoms with van der Waals surface area (Å²) in [6.45, 7) is 9.47. The van der Waals surface area contributed by atoms with Crippen molar-refractivity contribution < 1.29 is 4.79 Å². The average Bonchev–Trinajstić information content (AvgIpc) is 2.44. The highest BCUT2D eigenvalue weighted by Gasteiger charge is 2.37. The Balaban J connectivity index is 1.93. The molecule has 1 saturated heterocycles. The van der Waals surface area contributed by atoms with Crippen LogP contribution < -0.4 is 21.7 Å². The molecule has 134 valence electrons. The molecule has 2 heterocycles. The Morgan fingerprint density at radius 2 is 1.96 bits per heavy atom. The Morgan fingerprint density at radius 1 is 1.29 bits per heavy atom. The van der Waals surface area contributed by atoms with Gasteiger partial charge in [0.1, 0.15) is 5.82 Å². The Kier molecular flexibility index (Phi) is 5.83. The summed E-state index contributed by atoms with van der Waals surface area (Å²) in [7, 11) is 0. The van der Waals surface area contributed by atoms with Gasteiger partial charge in [0, 0.05) is 23.5 Å². The first-order valence-electron chi connectivity index (χ1n) is 8.71. The number of hydrogen-bond acceptors (Lipinski definition) is 5. The smallest absolute Gasteiger partial charge is 0.225 e. The van der Waals surface area contributed by atoms with E-state index in [0.29, 0.717) is 31.2 Å². The second-order valence-corrected chi connectivity index (χ2v) is 8.01. The van der Waals surface area contributed by atoms with Gasteiger partial charge in [-0.15, -0.1) is 0 Å². The fourth-order valence-corrected chi connectivity index (χ4v) is 3.68. The number of carbonyl (C=O) groups excluding carboxylic acids is 1. The third-order valence-electron chi connectivity index (χ3n) is 4.20. The highest BCUT2D eigenvalue weighted by Crippen LogP contribution is 2.30. The minimum atomic E-state index is -0.0458. The maximum absolute atomic E-state index is 11.7. The van der Waals surface area contributed by atoms with E-state index in [-0.39, 0.29) is 17.0 Å². The molecule has 0 aliphatic carbocycles. The Hall–Kier alpha value is -1.66. The van der Waals surface area contributed by atoms with Gasteiger partial charge >= 0.3 is 0 Å². The van der Waals surface area contributed by atoms with Gasteiger partial charge in [-0.05, 0) is 65.6 Å². The summed E-state index contributed by atoms with van der Waals surface area (Å²) in [5.41, 5.74) is 6.59. The maximum atomic E-state index is 11.7. The van der Waals surface area contributed by atoms with Crippen molar-refractivity contribution in [1.82, 2.24) is 10.3 Å². The summed E-state index contributed by atoms with van der Waals surface area (Å²) in [4.78, 5) is 16.0. The van der Waals surface area contributed by atoms with Crippen LogP contribution in [0, 0.1) is 0 Å². The number of piperidine rings is 1. The molecule has 1 fully saturated rings. The average molecular weight is 333 g/mol. The summed E-state index contributed by atoms with van der Waals surface area (Å²) in [6, 6.07) is 4.19. The molecule has 1 aromatic rings. The zero-order chi connectivity index (χ0) is 17.8. The second-order valence-electron chi connectivity index (χ2n) is 8.01. The van der Waals surface area contributed by atoms with Gasteiger partial charge in [-0.1, -0.05) is 0 Å². The molecule has 1 aliphatic heterocycles. The molecule has 0 atom stereocenters. The molecule has 0 unspecified atom stereocenters. The van der Waals surface area contributed by atoms with E-state index in [4.69, 9.17) is 5.73 Å². The summed E-state index contributed by atoms with van der Waals surface area (Å²) in [5.74, 6) is 0.532. The third-order valence-corrected chi connectivity index (χ3v) is 4.20. The molecule has 0 radical (unpaired) electrons. The molecule has 5 N–H and O–H groups in total. The zero-order valence-corrected chi connectivity index (χ0v) is 15.3. The van der Waals surface area contributed by atoms with E-state index in [1.165, 1.54) is 0 Å². The van der Waals surface area contributed by atoms with E-state index in [0.717, 1.165) is 18.5 Å². The van der Waals surface area contributed by atoms with E-state index >= 15 is 0 Å². The van der Waals surface area contributed by atoms with Crippen LogP contribution in [0.3, 0.4) is 0 Å². The summed E-state index contributed by atoms with van der Waals surface area (Å²) in [6.07, 6.45) is 4.99. The van der Waals surface area contributed by atoms with Crippen LogP contribution in [0.2, 0.25) is 0 Å². The van der Waals surface area contributed by atoms with Crippen LogP contribution in [0.25, 0.3) is 0 Å². The molecule has 1 aromatic heterocycles. The number of hydrogen-bond donors (Lipinski definition) is 4. The lowest BCUT2D eigenvalue weighted by Gasteiger charge is -2.46. The number of carbonyl (C=O) groups is 1. The molecule has 6 nitrogen and oxygen atoms in total. The summed E-state index contributed by atoms with van der Waals surface area (Å²) in [5, 5.41) is 10.0. The monoisotopic (exact) mass is 333 g/mol. The fraction of sp³-hybridized carbons (Fsp3) is 0.667. The minimum absolute atomic E-state index is 0.0458. The number of aromatic nitrogens is 1. The van der Waals surface area contributed by atoms with Crippen molar-refractivity contribution in [2.24, 2.45) is 5.73 Å². The highest BCUT2D eigenvalue weighted by atomic mass is 16.1. The number of pyridine rings is 1. The Morgan fingerprint density at radius 3 is 2.50 bits per heavy atom. The van der Waals surface area contributed by atoms with E-state index < -0.39 is 0 Å². The predicted molar refractivity (Wildman–Crippen MR) is 99.1 cm³/mol. The van der Waals surface area contributed by atoms with Crippen LogP contribution >= 0.6 is 0 Å². The van der Waals surface area contributed by atoms with Gasteiger partial charge in [0.15, 0.2) is 0 Å². The van der Waals surface area contributed by atoms with Crippen LogP contribution in [-0.4, -0.2) is 34.6 Å². The van der Waals surface area contributed by atoms with Gasteiger partial charge in [0.05, 0.1) is 11.9 Å². The molecule has 0 spiro atoms. The van der Waals surface area contributed by atoms with Gasteiger partial charge in [-0.25, -0.2) is 4.98 Å². The van der Waals surface area contributed by atoms with Crippen LogP contribution in [0.4, 0.5) is 11.5 Å². The van der Waals surface area contributed by atoms with Gasteiger partial charge < -0.3 is 21.7 Å². The van der Waals surface area contributed by atoms with Crippen LogP contribution in [0.1, 0.15) is 53.4 Å². The maximum Gasteiger partial charge on any atom is 0.225 e. The molecule has 0 aromatic carbocycles. The lowest BCUT2D eigenvalue weighted by Crippen LogP contribution is -2.60. The van der Waals surface area contributed by atoms with E-state index in [1.807, 2.05) is 12.1 Å². The molecule has 1 aliphatic rings. The molecule has 0 saturated carbocycles. The van der Waals surface area contributed by atoms with Crippen LogP contribution in [-0.2, 0) is 4.79 Å². The van der Waals surface area contributed by atoms with Crippen molar-refractivity contribution in [2.45, 2.75) is 70.5 Å². The number of rotatable bonds is 6. The number of anilines is 2. The Labute approximate surface area is 145 Å². The van der Waals surface area contributed by atoms with Crippen molar-refractivity contribution in [3.05, 3.63) is 18.3 Å². The van der Waals surface area contributed by atoms with Crippen LogP contribution in [0.5, 0.6) is 0 Å². The van der Waals surface area contributed by atoms with E-state index in [1.54, 1.807) is 6.20 Å². The SMILES string of the molecule is CC1(C)CC(Nc2ccc(NC(=O)CCCN)nc2)CC(C)(C)N1. The van der Waals surface area contributed by atoms with Gasteiger partial charge in [-0.2, -0.15) is 0 Å². The van der Waals surface area contributed by atoms with Crippen molar-refractivity contribution in [3.63, 3.8) is 0 Å². The first-order valence-corrected chi connectivity index (χ1v) is 8.71. The van der Waals surface area contributed by atoms with Gasteiger partial charge in [0.25, 0.3) is 0 Å². The summed E-state index contributed by atoms with van der Waals surface area (Å²) < 4.78 is 0. The standard InChI is InChI=1S/C18H31N5O/c1-17(2)10-14(11-18(3,4)23-17)21-13-7-8-15(20-12-13)22-16(24)6-5-9-19/h7-8,12,14,21,23H,5-6,9-11,19H2,1-4H3,(H,20,22,24). The minimum Gasteiger partial charge on any atom is -0.381 e. The molecule has 6 heteroatoms. The van der Waals surface area contributed by atoms with Crippen molar-refractivity contribution in [1.29, 1.82) is 0 Å². The van der Waals surface area contributed by atoms with Crippen molar-refractivity contribution in [2.75, 3.05) is 17.2 Å². The largest absolute Gasteiger partial charge is 0.381 e. The highest BCUT2D eigenvalue weighted by molar-refractivity contribution is 5.89. The molecule has 1 amide bonds. The number of nitrogens with two attached hydrogens (primary N) is 1. The number of nitrogens with one attached hydrogen (secondary N) is 3. The first kappa shape index (κ1) is 18.7. The molecule has 0 bridgehead atoms. The number of nitrogens with zero attached hydrogens (tertiary/aromatic N) is 1. The normalized spacial score (nSPS) is 19.7. The lowest BCUT2D eigenvalue weighted by molar-refractivity contribution is -0.116. The van der Waals surface area contributed by atoms with Crippen molar-refractivity contribution >= 4 is 17.4 Å². The molecule has 2 rings (SSSR count). The molecular formula is C18H31N5O. The third kappa shape index (κ3) is 5.76. The Bertz CT molecular complexity index is 537. The summed E-state index contributed by atoms with van der Waals surface area (Å²) >= 11 is 0. The fourth-order valence-electron chi connectivity index (χ4n) is 3.68. The molecular weight excluding hydrogens is 302 g/mol. The topological polar surface area (TPSA) is 92.1 Å². The molecule has 24 heavy (non-hydrogen) atoms. The predicted octanol–water partition coefficient (Wildman–Crippen LogP) is 2.48. The lowest BCUT2D eigenvalue weighted by atomic mass is 9.79. The van der Waals surface area contributed by atoms with E-state index in [2.05, 4.69) is 48.6 Å². The van der Waals surface area contributed by atoms with Crippen LogP contribution in [0.15, 0.2) is 18.3 Å². The van der Waals surface area contributed by atoms with Gasteiger partial charge in [-0.3, -0.25) is 4.79 Å². The zero-order valence-electron chi connectivity index (χ0n) is 15.3. The van der Waals surface area contributed by atoms with Gasteiger partial charge in [0.2, 0.25) is 5.91 Å². The van der Waals surface area contributed by atoms with Crippen molar-refractivity contribution in [3.8, 4) is 0 Å². The second kappa shape index (κ2) is 7.49. The van der Waals surface area contributed by atoms with E-state index in [9.17, 15) is 4.79 Å².